The molecule has 1 N–H and O–H groups in total. The number of amides is 1. The fourth-order valence-electron chi connectivity index (χ4n) is 2.82. The summed E-state index contributed by atoms with van der Waals surface area (Å²) in [6, 6.07) is 15.7. The second-order valence-electron chi connectivity index (χ2n) is 5.16. The molecule has 4 rings (SSSR count). The molecule has 2 aromatic rings. The van der Waals surface area contributed by atoms with Gasteiger partial charge in [-0.25, -0.2) is 0 Å². The molecule has 1 fully saturated rings. The molecule has 2 heterocycles. The van der Waals surface area contributed by atoms with E-state index in [-0.39, 0.29) is 16.7 Å². The summed E-state index contributed by atoms with van der Waals surface area (Å²) < 4.78 is 0. The molecule has 0 aromatic heterocycles. The molecule has 2 atom stereocenters. The van der Waals surface area contributed by atoms with E-state index < -0.39 is 0 Å². The molecule has 2 unspecified atom stereocenters. The van der Waals surface area contributed by atoms with Gasteiger partial charge in [0.25, 0.3) is 0 Å². The summed E-state index contributed by atoms with van der Waals surface area (Å²) >= 11 is 7.71. The number of benzene rings is 2. The van der Waals surface area contributed by atoms with Crippen LogP contribution in [0.5, 0.6) is 0 Å². The lowest BCUT2D eigenvalue weighted by Gasteiger charge is -2.34. The molecule has 5 heteroatoms. The Bertz CT molecular complexity index is 704. The first-order valence-corrected chi connectivity index (χ1v) is 8.13. The van der Waals surface area contributed by atoms with Gasteiger partial charge in [-0.2, -0.15) is 0 Å². The summed E-state index contributed by atoms with van der Waals surface area (Å²) in [5.74, 6) is 0.163. The molecular weight excluding hydrogens is 304 g/mol. The van der Waals surface area contributed by atoms with Crippen LogP contribution in [0.3, 0.4) is 0 Å². The Kier molecular flexibility index (Phi) is 3.08. The Balaban J connectivity index is 1.63. The van der Waals surface area contributed by atoms with Crippen molar-refractivity contribution in [2.45, 2.75) is 17.2 Å². The zero-order valence-corrected chi connectivity index (χ0v) is 12.7. The topological polar surface area (TPSA) is 32.3 Å². The van der Waals surface area contributed by atoms with Crippen LogP contribution in [-0.2, 0) is 4.79 Å². The molecule has 0 radical (unpaired) electrons. The minimum Gasteiger partial charge on any atom is -0.355 e. The highest BCUT2D eigenvalue weighted by Crippen LogP contribution is 2.48. The van der Waals surface area contributed by atoms with Gasteiger partial charge in [0.1, 0.15) is 0 Å². The summed E-state index contributed by atoms with van der Waals surface area (Å²) in [4.78, 5) is 14.4. The van der Waals surface area contributed by atoms with Crippen LogP contribution in [0.1, 0.15) is 17.2 Å². The van der Waals surface area contributed by atoms with Crippen LogP contribution in [0.25, 0.3) is 0 Å². The normalized spacial score (nSPS) is 23.5. The zero-order valence-electron chi connectivity index (χ0n) is 11.1. The second-order valence-corrected chi connectivity index (χ2v) is 6.88. The molecule has 0 aliphatic carbocycles. The van der Waals surface area contributed by atoms with Gasteiger partial charge in [0, 0.05) is 16.7 Å². The van der Waals surface area contributed by atoms with Gasteiger partial charge in [0.2, 0.25) is 5.91 Å². The van der Waals surface area contributed by atoms with E-state index in [1.807, 2.05) is 53.4 Å². The average Bonchev–Trinajstić information content (AvgIpc) is 2.86. The molecule has 2 aliphatic heterocycles. The maximum atomic E-state index is 12.5. The molecule has 1 saturated heterocycles. The van der Waals surface area contributed by atoms with Crippen molar-refractivity contribution in [3.8, 4) is 0 Å². The van der Waals surface area contributed by atoms with Crippen LogP contribution in [0.4, 0.5) is 11.4 Å². The summed E-state index contributed by atoms with van der Waals surface area (Å²) in [6.07, 6.45) is 0.513. The van der Waals surface area contributed by atoms with E-state index in [0.717, 1.165) is 22.0 Å². The number of fused-ring (bicyclic) bond motifs is 3. The number of halogens is 1. The Hall–Kier alpha value is -1.65. The third-order valence-electron chi connectivity index (χ3n) is 3.84. The summed E-state index contributed by atoms with van der Waals surface area (Å²) in [7, 11) is 0. The quantitative estimate of drug-likeness (QED) is 0.853. The zero-order chi connectivity index (χ0) is 14.4. The first-order chi connectivity index (χ1) is 10.2. The number of hydrogen-bond acceptors (Lipinski definition) is 3. The number of carbonyl (C=O) groups excluding carboxylic acids is 1. The van der Waals surface area contributed by atoms with Gasteiger partial charge in [-0.15, -0.1) is 11.8 Å². The van der Waals surface area contributed by atoms with E-state index in [1.54, 1.807) is 11.8 Å². The number of nitrogens with one attached hydrogen (secondary N) is 1. The van der Waals surface area contributed by atoms with E-state index in [1.165, 1.54) is 0 Å². The van der Waals surface area contributed by atoms with Gasteiger partial charge in [-0.05, 0) is 29.8 Å². The number of carbonyl (C=O) groups is 1. The molecule has 3 nitrogen and oxygen atoms in total. The molecule has 2 aliphatic rings. The molecule has 0 saturated carbocycles. The van der Waals surface area contributed by atoms with Gasteiger partial charge in [-0.1, -0.05) is 35.9 Å². The van der Waals surface area contributed by atoms with Crippen molar-refractivity contribution < 1.29 is 4.79 Å². The van der Waals surface area contributed by atoms with Crippen molar-refractivity contribution in [2.75, 3.05) is 10.2 Å². The minimum absolute atomic E-state index is 0.0238. The summed E-state index contributed by atoms with van der Waals surface area (Å²) in [5.41, 5.74) is 3.13. The van der Waals surface area contributed by atoms with Crippen molar-refractivity contribution >= 4 is 40.6 Å². The predicted molar refractivity (Wildman–Crippen MR) is 87.7 cm³/mol. The number of nitrogens with zero attached hydrogens (tertiary/aromatic N) is 1. The number of anilines is 2. The van der Waals surface area contributed by atoms with E-state index in [9.17, 15) is 4.79 Å². The lowest BCUT2D eigenvalue weighted by molar-refractivity contribution is -0.118. The van der Waals surface area contributed by atoms with Crippen molar-refractivity contribution in [3.05, 3.63) is 59.1 Å². The third kappa shape index (κ3) is 2.19. The van der Waals surface area contributed by atoms with Gasteiger partial charge in [-0.3, -0.25) is 9.69 Å². The lowest BCUT2D eigenvalue weighted by Crippen LogP contribution is -2.43. The Morgan fingerprint density at radius 3 is 2.71 bits per heavy atom. The Morgan fingerprint density at radius 2 is 1.90 bits per heavy atom. The van der Waals surface area contributed by atoms with Crippen LogP contribution in [0.2, 0.25) is 5.02 Å². The number of para-hydroxylation sites is 2. The summed E-state index contributed by atoms with van der Waals surface area (Å²) in [6.45, 7) is 0. The number of thioether (sulfide) groups is 1. The molecule has 1 amide bonds. The van der Waals surface area contributed by atoms with Crippen molar-refractivity contribution in [3.63, 3.8) is 0 Å². The summed E-state index contributed by atoms with van der Waals surface area (Å²) in [5, 5.41) is 4.31. The van der Waals surface area contributed by atoms with Gasteiger partial charge >= 0.3 is 0 Å². The van der Waals surface area contributed by atoms with Crippen LogP contribution in [-0.4, -0.2) is 11.4 Å². The van der Waals surface area contributed by atoms with Crippen LogP contribution in [0.15, 0.2) is 48.5 Å². The number of hydrogen-bond donors (Lipinski definition) is 1. The molecule has 0 spiro atoms. The first kappa shape index (κ1) is 13.0. The fourth-order valence-corrected chi connectivity index (χ4v) is 4.36. The highest BCUT2D eigenvalue weighted by Gasteiger charge is 2.40. The Morgan fingerprint density at radius 1 is 1.14 bits per heavy atom. The van der Waals surface area contributed by atoms with Crippen molar-refractivity contribution in [1.82, 2.24) is 0 Å². The molecule has 2 aromatic carbocycles. The molecule has 0 bridgehead atoms. The second kappa shape index (κ2) is 4.97. The van der Waals surface area contributed by atoms with E-state index >= 15 is 0 Å². The van der Waals surface area contributed by atoms with Gasteiger partial charge in [0.15, 0.2) is 5.50 Å². The van der Waals surface area contributed by atoms with E-state index in [4.69, 9.17) is 11.6 Å². The van der Waals surface area contributed by atoms with Crippen LogP contribution < -0.4 is 10.2 Å². The smallest absolute Gasteiger partial charge is 0.230 e. The largest absolute Gasteiger partial charge is 0.355 e. The lowest BCUT2D eigenvalue weighted by atomic mass is 10.1. The average molecular weight is 317 g/mol. The fraction of sp³-hybridized carbons (Fsp3) is 0.188. The SMILES string of the molecule is O=C1CC(c2ccc(Cl)cc2)SC2Nc3ccccc3N12. The first-order valence-electron chi connectivity index (χ1n) is 6.81. The van der Waals surface area contributed by atoms with Gasteiger partial charge in [0.05, 0.1) is 11.4 Å². The van der Waals surface area contributed by atoms with E-state index in [0.29, 0.717) is 6.42 Å². The molecule has 21 heavy (non-hydrogen) atoms. The highest BCUT2D eigenvalue weighted by atomic mass is 35.5. The molecule has 106 valence electrons. The molecular formula is C16H13ClN2OS. The maximum Gasteiger partial charge on any atom is 0.230 e. The minimum atomic E-state index is -0.0238. The third-order valence-corrected chi connectivity index (χ3v) is 5.45. The van der Waals surface area contributed by atoms with Crippen molar-refractivity contribution in [2.24, 2.45) is 0 Å². The maximum absolute atomic E-state index is 12.5. The Labute approximate surface area is 132 Å². The van der Waals surface area contributed by atoms with Crippen molar-refractivity contribution in [1.29, 1.82) is 0 Å². The monoisotopic (exact) mass is 316 g/mol. The van der Waals surface area contributed by atoms with Gasteiger partial charge < -0.3 is 5.32 Å². The standard InChI is InChI=1S/C16H13ClN2OS/c17-11-7-5-10(6-8-11)14-9-15(20)19-13-4-2-1-3-12(13)18-16(19)21-14/h1-8,14,16,18H,9H2. The highest BCUT2D eigenvalue weighted by molar-refractivity contribution is 8.00. The number of rotatable bonds is 1. The van der Waals surface area contributed by atoms with Crippen LogP contribution in [0, 0.1) is 0 Å². The predicted octanol–water partition coefficient (Wildman–Crippen LogP) is 4.26. The van der Waals surface area contributed by atoms with E-state index in [2.05, 4.69) is 5.32 Å². The van der Waals surface area contributed by atoms with Crippen LogP contribution >= 0.6 is 23.4 Å².